The first-order valence-electron chi connectivity index (χ1n) is 5.20. The molecule has 2 aromatic rings. The van der Waals surface area contributed by atoms with Gasteiger partial charge in [-0.3, -0.25) is 9.59 Å². The highest BCUT2D eigenvalue weighted by molar-refractivity contribution is 6.31. The summed E-state index contributed by atoms with van der Waals surface area (Å²) in [5, 5.41) is 9.09. The van der Waals surface area contributed by atoms with Gasteiger partial charge in [0, 0.05) is 16.8 Å². The third kappa shape index (κ3) is 2.57. The Kier molecular flexibility index (Phi) is 3.43. The van der Waals surface area contributed by atoms with Crippen LogP contribution in [-0.2, 0) is 0 Å². The van der Waals surface area contributed by atoms with E-state index in [0.717, 1.165) is 5.56 Å². The third-order valence-electron chi connectivity index (χ3n) is 2.43. The van der Waals surface area contributed by atoms with Crippen molar-refractivity contribution in [1.29, 1.82) is 0 Å². The third-order valence-corrected chi connectivity index (χ3v) is 2.84. The van der Waals surface area contributed by atoms with Gasteiger partial charge in [0.25, 0.3) is 11.5 Å². The Morgan fingerprint density at radius 1 is 1.33 bits per heavy atom. The molecule has 0 fully saturated rings. The van der Waals surface area contributed by atoms with Crippen molar-refractivity contribution >= 4 is 23.2 Å². The average Bonchev–Trinajstić information content (AvgIpc) is 2.36. The maximum Gasteiger partial charge on any atom is 0.276 e. The monoisotopic (exact) mass is 263 g/mol. The van der Waals surface area contributed by atoms with E-state index in [1.165, 1.54) is 12.1 Å². The predicted octanol–water partition coefficient (Wildman–Crippen LogP) is 1.98. The van der Waals surface area contributed by atoms with Crippen molar-refractivity contribution in [2.24, 2.45) is 0 Å². The fourth-order valence-corrected chi connectivity index (χ4v) is 1.57. The Hall–Kier alpha value is -2.14. The number of hydrogen-bond acceptors (Lipinski definition) is 3. The number of hydrogen-bond donors (Lipinski definition) is 2. The number of amides is 1. The standard InChI is InChI=1S/C12H10ClN3O2/c1-7-8(13)3-2-4-9(7)14-12(18)10-5-6-11(17)16-15-10/h2-6H,1H3,(H,14,18)(H,16,17). The number of nitrogens with one attached hydrogen (secondary N) is 2. The van der Waals surface area contributed by atoms with E-state index in [2.05, 4.69) is 15.5 Å². The highest BCUT2D eigenvalue weighted by Gasteiger charge is 2.10. The van der Waals surface area contributed by atoms with E-state index in [-0.39, 0.29) is 11.3 Å². The first-order chi connectivity index (χ1) is 8.58. The van der Waals surface area contributed by atoms with E-state index in [0.29, 0.717) is 10.7 Å². The van der Waals surface area contributed by atoms with Crippen molar-refractivity contribution in [2.75, 3.05) is 5.32 Å². The number of anilines is 1. The molecule has 2 rings (SSSR count). The van der Waals surface area contributed by atoms with E-state index in [1.807, 2.05) is 0 Å². The molecule has 0 atom stereocenters. The Morgan fingerprint density at radius 3 is 2.78 bits per heavy atom. The van der Waals surface area contributed by atoms with Gasteiger partial charge in [-0.05, 0) is 30.7 Å². The fourth-order valence-electron chi connectivity index (χ4n) is 1.40. The van der Waals surface area contributed by atoms with Crippen molar-refractivity contribution < 1.29 is 4.79 Å². The van der Waals surface area contributed by atoms with Gasteiger partial charge in [0.05, 0.1) is 0 Å². The zero-order valence-corrected chi connectivity index (χ0v) is 10.3. The van der Waals surface area contributed by atoms with E-state index in [9.17, 15) is 9.59 Å². The molecule has 1 aromatic heterocycles. The van der Waals surface area contributed by atoms with Gasteiger partial charge in [0.15, 0.2) is 0 Å². The van der Waals surface area contributed by atoms with Crippen molar-refractivity contribution in [1.82, 2.24) is 10.2 Å². The van der Waals surface area contributed by atoms with Crippen LogP contribution in [0.3, 0.4) is 0 Å². The van der Waals surface area contributed by atoms with Gasteiger partial charge < -0.3 is 5.32 Å². The zero-order chi connectivity index (χ0) is 13.1. The molecule has 0 bridgehead atoms. The number of carbonyl (C=O) groups is 1. The molecule has 0 aliphatic carbocycles. The lowest BCUT2D eigenvalue weighted by Gasteiger charge is -2.08. The lowest BCUT2D eigenvalue weighted by molar-refractivity contribution is 0.102. The lowest BCUT2D eigenvalue weighted by atomic mass is 10.2. The number of halogens is 1. The van der Waals surface area contributed by atoms with Crippen LogP contribution in [-0.4, -0.2) is 16.1 Å². The number of aromatic amines is 1. The molecule has 0 radical (unpaired) electrons. The van der Waals surface area contributed by atoms with Crippen LogP contribution in [0.15, 0.2) is 35.1 Å². The van der Waals surface area contributed by atoms with Crippen LogP contribution in [0.5, 0.6) is 0 Å². The molecule has 18 heavy (non-hydrogen) atoms. The van der Waals surface area contributed by atoms with Gasteiger partial charge in [0.1, 0.15) is 5.69 Å². The van der Waals surface area contributed by atoms with Gasteiger partial charge in [0.2, 0.25) is 0 Å². The second-order valence-corrected chi connectivity index (χ2v) is 4.08. The topological polar surface area (TPSA) is 74.8 Å². The van der Waals surface area contributed by atoms with Gasteiger partial charge in [-0.25, -0.2) is 5.10 Å². The minimum atomic E-state index is -0.406. The summed E-state index contributed by atoms with van der Waals surface area (Å²) in [6, 6.07) is 7.82. The highest BCUT2D eigenvalue weighted by Crippen LogP contribution is 2.23. The summed E-state index contributed by atoms with van der Waals surface area (Å²) in [6.07, 6.45) is 0. The molecule has 6 heteroatoms. The summed E-state index contributed by atoms with van der Waals surface area (Å²) < 4.78 is 0. The quantitative estimate of drug-likeness (QED) is 0.870. The molecule has 1 heterocycles. The predicted molar refractivity (Wildman–Crippen MR) is 69.0 cm³/mol. The number of benzene rings is 1. The zero-order valence-electron chi connectivity index (χ0n) is 9.53. The van der Waals surface area contributed by atoms with Crippen molar-refractivity contribution in [2.45, 2.75) is 6.92 Å². The van der Waals surface area contributed by atoms with Crippen LogP contribution in [0.25, 0.3) is 0 Å². The van der Waals surface area contributed by atoms with E-state index >= 15 is 0 Å². The van der Waals surface area contributed by atoms with Gasteiger partial charge >= 0.3 is 0 Å². The molecule has 0 spiro atoms. The minimum absolute atomic E-state index is 0.133. The molecule has 0 saturated carbocycles. The van der Waals surface area contributed by atoms with Crippen LogP contribution < -0.4 is 10.9 Å². The summed E-state index contributed by atoms with van der Waals surface area (Å²) in [6.45, 7) is 1.80. The molecular formula is C12H10ClN3O2. The molecule has 0 aliphatic heterocycles. The van der Waals surface area contributed by atoms with E-state index in [1.54, 1.807) is 25.1 Å². The Bertz CT molecular complexity index is 632. The van der Waals surface area contributed by atoms with E-state index in [4.69, 9.17) is 11.6 Å². The minimum Gasteiger partial charge on any atom is -0.320 e. The Balaban J connectivity index is 2.24. The van der Waals surface area contributed by atoms with Gasteiger partial charge in [-0.1, -0.05) is 17.7 Å². The largest absolute Gasteiger partial charge is 0.320 e. The Labute approximate surface area is 108 Å². The molecule has 5 nitrogen and oxygen atoms in total. The number of aromatic nitrogens is 2. The maximum absolute atomic E-state index is 11.9. The molecule has 0 saturated heterocycles. The number of H-pyrrole nitrogens is 1. The average molecular weight is 264 g/mol. The van der Waals surface area contributed by atoms with Gasteiger partial charge in [-0.2, -0.15) is 5.10 Å². The first-order valence-corrected chi connectivity index (χ1v) is 5.58. The number of nitrogens with zero attached hydrogens (tertiary/aromatic N) is 1. The molecule has 0 unspecified atom stereocenters. The summed E-state index contributed by atoms with van der Waals surface area (Å²) >= 11 is 5.95. The highest BCUT2D eigenvalue weighted by atomic mass is 35.5. The van der Waals surface area contributed by atoms with Crippen molar-refractivity contribution in [3.8, 4) is 0 Å². The normalized spacial score (nSPS) is 10.1. The fraction of sp³-hybridized carbons (Fsp3) is 0.0833. The van der Waals surface area contributed by atoms with Crippen LogP contribution in [0, 0.1) is 6.92 Å². The summed E-state index contributed by atoms with van der Waals surface area (Å²) in [7, 11) is 0. The van der Waals surface area contributed by atoms with Crippen LogP contribution in [0.1, 0.15) is 16.1 Å². The maximum atomic E-state index is 11.9. The summed E-state index contributed by atoms with van der Waals surface area (Å²) in [4.78, 5) is 22.7. The first kappa shape index (κ1) is 12.3. The van der Waals surface area contributed by atoms with Crippen molar-refractivity contribution in [3.05, 3.63) is 57.0 Å². The molecule has 1 aromatic carbocycles. The Morgan fingerprint density at radius 2 is 2.11 bits per heavy atom. The van der Waals surface area contributed by atoms with E-state index < -0.39 is 5.91 Å². The van der Waals surface area contributed by atoms with Crippen LogP contribution in [0.4, 0.5) is 5.69 Å². The molecular weight excluding hydrogens is 254 g/mol. The summed E-state index contributed by atoms with van der Waals surface area (Å²) in [5.41, 5.74) is 1.16. The molecule has 92 valence electrons. The molecule has 2 N–H and O–H groups in total. The lowest BCUT2D eigenvalue weighted by Crippen LogP contribution is -2.18. The smallest absolute Gasteiger partial charge is 0.276 e. The van der Waals surface area contributed by atoms with Crippen LogP contribution >= 0.6 is 11.6 Å². The SMILES string of the molecule is Cc1c(Cl)cccc1NC(=O)c1ccc(=O)[nH]n1. The second kappa shape index (κ2) is 5.01. The molecule has 1 amide bonds. The van der Waals surface area contributed by atoms with Gasteiger partial charge in [-0.15, -0.1) is 0 Å². The van der Waals surface area contributed by atoms with Crippen LogP contribution in [0.2, 0.25) is 5.02 Å². The van der Waals surface area contributed by atoms with Crippen molar-refractivity contribution in [3.63, 3.8) is 0 Å². The summed E-state index contributed by atoms with van der Waals surface area (Å²) in [5.74, 6) is -0.406. The molecule has 0 aliphatic rings. The second-order valence-electron chi connectivity index (χ2n) is 3.67. The number of carbonyl (C=O) groups excluding carboxylic acids is 1. The number of rotatable bonds is 2.